The molecule has 2 aromatic rings. The molecule has 0 radical (unpaired) electrons. The second-order valence-electron chi connectivity index (χ2n) is 3.88. The first-order valence-corrected chi connectivity index (χ1v) is 5.72. The standard InChI is InChI=1S/C13H15N5O/c1-9-5-3-4-6-11(9)18-13-10(7-17-19-2)12(14)15-8-16-13/h3-8H,1-2H3,(H3,14,15,16,18). The number of oxime groups is 1. The van der Waals surface area contributed by atoms with Crippen LogP contribution in [0.15, 0.2) is 35.7 Å². The summed E-state index contributed by atoms with van der Waals surface area (Å²) >= 11 is 0. The molecule has 3 N–H and O–H groups in total. The van der Waals surface area contributed by atoms with Crippen LogP contribution in [0.2, 0.25) is 0 Å². The molecule has 0 amide bonds. The van der Waals surface area contributed by atoms with Gasteiger partial charge in [0, 0.05) is 5.69 Å². The number of aromatic nitrogens is 2. The Kier molecular flexibility index (Phi) is 3.92. The second kappa shape index (κ2) is 5.81. The number of hydrogen-bond donors (Lipinski definition) is 2. The summed E-state index contributed by atoms with van der Waals surface area (Å²) in [6, 6.07) is 7.89. The maximum Gasteiger partial charge on any atom is 0.144 e. The van der Waals surface area contributed by atoms with E-state index in [1.54, 1.807) is 0 Å². The molecule has 0 atom stereocenters. The van der Waals surface area contributed by atoms with Crippen molar-refractivity contribution < 1.29 is 4.84 Å². The number of anilines is 3. The predicted molar refractivity (Wildman–Crippen MR) is 75.5 cm³/mol. The molecule has 0 aliphatic carbocycles. The number of nitrogens with two attached hydrogens (primary N) is 1. The van der Waals surface area contributed by atoms with E-state index in [-0.39, 0.29) is 0 Å². The van der Waals surface area contributed by atoms with E-state index < -0.39 is 0 Å². The van der Waals surface area contributed by atoms with Gasteiger partial charge in [-0.2, -0.15) is 0 Å². The van der Waals surface area contributed by atoms with E-state index in [4.69, 9.17) is 5.73 Å². The summed E-state index contributed by atoms with van der Waals surface area (Å²) in [5, 5.41) is 6.92. The number of rotatable bonds is 4. The Bertz CT molecular complexity index is 597. The number of nitrogens with zero attached hydrogens (tertiary/aromatic N) is 3. The summed E-state index contributed by atoms with van der Waals surface area (Å²) in [7, 11) is 1.46. The lowest BCUT2D eigenvalue weighted by atomic mass is 10.2. The smallest absolute Gasteiger partial charge is 0.144 e. The van der Waals surface area contributed by atoms with E-state index in [0.717, 1.165) is 11.3 Å². The molecule has 2 rings (SSSR count). The second-order valence-corrected chi connectivity index (χ2v) is 3.88. The first-order chi connectivity index (χ1) is 9.22. The Hall–Kier alpha value is -2.63. The fourth-order valence-corrected chi connectivity index (χ4v) is 1.58. The van der Waals surface area contributed by atoms with Crippen LogP contribution in [0.1, 0.15) is 11.1 Å². The van der Waals surface area contributed by atoms with E-state index in [2.05, 4.69) is 25.3 Å². The van der Waals surface area contributed by atoms with E-state index in [1.165, 1.54) is 19.7 Å². The minimum atomic E-state index is 0.340. The summed E-state index contributed by atoms with van der Waals surface area (Å²) in [5.74, 6) is 0.925. The minimum absolute atomic E-state index is 0.340. The van der Waals surface area contributed by atoms with Crippen molar-refractivity contribution in [2.24, 2.45) is 5.16 Å². The van der Waals surface area contributed by atoms with Gasteiger partial charge in [-0.1, -0.05) is 23.4 Å². The van der Waals surface area contributed by atoms with Crippen molar-refractivity contribution in [3.8, 4) is 0 Å². The number of aryl methyl sites for hydroxylation is 1. The van der Waals surface area contributed by atoms with E-state index in [0.29, 0.717) is 17.2 Å². The van der Waals surface area contributed by atoms with Crippen LogP contribution in [0.25, 0.3) is 0 Å². The zero-order valence-corrected chi connectivity index (χ0v) is 10.8. The average molecular weight is 257 g/mol. The molecular weight excluding hydrogens is 242 g/mol. The fourth-order valence-electron chi connectivity index (χ4n) is 1.58. The first-order valence-electron chi connectivity index (χ1n) is 5.72. The quantitative estimate of drug-likeness (QED) is 0.647. The van der Waals surface area contributed by atoms with Gasteiger partial charge in [-0.25, -0.2) is 9.97 Å². The van der Waals surface area contributed by atoms with Crippen LogP contribution in [0, 0.1) is 6.92 Å². The highest BCUT2D eigenvalue weighted by atomic mass is 16.6. The lowest BCUT2D eigenvalue weighted by molar-refractivity contribution is 0.215. The Labute approximate surface area is 111 Å². The third kappa shape index (κ3) is 2.98. The van der Waals surface area contributed by atoms with Crippen LogP contribution < -0.4 is 11.1 Å². The summed E-state index contributed by atoms with van der Waals surface area (Å²) in [6.07, 6.45) is 2.88. The Balaban J connectivity index is 2.37. The van der Waals surface area contributed by atoms with Crippen LogP contribution in [-0.4, -0.2) is 23.3 Å². The maximum atomic E-state index is 5.82. The van der Waals surface area contributed by atoms with Gasteiger partial charge in [-0.05, 0) is 18.6 Å². The largest absolute Gasteiger partial charge is 0.399 e. The van der Waals surface area contributed by atoms with Crippen molar-refractivity contribution in [1.29, 1.82) is 0 Å². The SMILES string of the molecule is CON=Cc1c(N)ncnc1Nc1ccccc1C. The monoisotopic (exact) mass is 257 g/mol. The maximum absolute atomic E-state index is 5.82. The highest BCUT2D eigenvalue weighted by Gasteiger charge is 2.08. The summed E-state index contributed by atoms with van der Waals surface area (Å²) in [5.41, 5.74) is 8.46. The molecule has 0 bridgehead atoms. The fraction of sp³-hybridized carbons (Fsp3) is 0.154. The van der Waals surface area contributed by atoms with Crippen LogP contribution in [0.3, 0.4) is 0 Å². The zero-order valence-electron chi connectivity index (χ0n) is 10.8. The van der Waals surface area contributed by atoms with Gasteiger partial charge >= 0.3 is 0 Å². The molecule has 0 fully saturated rings. The lowest BCUT2D eigenvalue weighted by Gasteiger charge is -2.11. The van der Waals surface area contributed by atoms with Gasteiger partial charge in [0.15, 0.2) is 0 Å². The molecule has 19 heavy (non-hydrogen) atoms. The molecular formula is C13H15N5O. The molecule has 1 aromatic carbocycles. The van der Waals surface area contributed by atoms with Crippen molar-refractivity contribution in [3.63, 3.8) is 0 Å². The molecule has 0 saturated heterocycles. The van der Waals surface area contributed by atoms with Crippen LogP contribution in [-0.2, 0) is 4.84 Å². The molecule has 1 heterocycles. The Morgan fingerprint density at radius 1 is 1.32 bits per heavy atom. The van der Waals surface area contributed by atoms with Crippen LogP contribution in [0.5, 0.6) is 0 Å². The van der Waals surface area contributed by atoms with Gasteiger partial charge in [0.2, 0.25) is 0 Å². The third-order valence-electron chi connectivity index (χ3n) is 2.60. The molecule has 1 aromatic heterocycles. The topological polar surface area (TPSA) is 85.4 Å². The molecule has 0 aliphatic heterocycles. The molecule has 98 valence electrons. The van der Waals surface area contributed by atoms with E-state index >= 15 is 0 Å². The first kappa shape index (κ1) is 12.8. The molecule has 0 aliphatic rings. The lowest BCUT2D eigenvalue weighted by Crippen LogP contribution is -2.05. The van der Waals surface area contributed by atoms with Gasteiger partial charge in [0.25, 0.3) is 0 Å². The van der Waals surface area contributed by atoms with Crippen molar-refractivity contribution in [1.82, 2.24) is 9.97 Å². The number of nitrogens with one attached hydrogen (secondary N) is 1. The molecule has 6 heteroatoms. The summed E-state index contributed by atoms with van der Waals surface area (Å²) in [4.78, 5) is 12.8. The molecule has 0 unspecified atom stereocenters. The third-order valence-corrected chi connectivity index (χ3v) is 2.60. The highest BCUT2D eigenvalue weighted by Crippen LogP contribution is 2.22. The Morgan fingerprint density at radius 3 is 2.84 bits per heavy atom. The van der Waals surface area contributed by atoms with Gasteiger partial charge < -0.3 is 15.9 Å². The van der Waals surface area contributed by atoms with Gasteiger partial charge in [-0.3, -0.25) is 0 Å². The number of nitrogen functional groups attached to an aromatic ring is 1. The minimum Gasteiger partial charge on any atom is -0.399 e. The van der Waals surface area contributed by atoms with Gasteiger partial charge in [0.05, 0.1) is 11.8 Å². The van der Waals surface area contributed by atoms with Crippen molar-refractivity contribution in [3.05, 3.63) is 41.7 Å². The normalized spacial score (nSPS) is 10.6. The molecule has 0 spiro atoms. The molecule has 0 saturated carbocycles. The summed E-state index contributed by atoms with van der Waals surface area (Å²) in [6.45, 7) is 2.01. The van der Waals surface area contributed by atoms with Gasteiger partial charge in [-0.15, -0.1) is 0 Å². The number of benzene rings is 1. The van der Waals surface area contributed by atoms with Crippen molar-refractivity contribution in [2.45, 2.75) is 6.92 Å². The highest BCUT2D eigenvalue weighted by molar-refractivity contribution is 5.92. The van der Waals surface area contributed by atoms with E-state index in [9.17, 15) is 0 Å². The van der Waals surface area contributed by atoms with Crippen LogP contribution >= 0.6 is 0 Å². The Morgan fingerprint density at radius 2 is 2.11 bits per heavy atom. The van der Waals surface area contributed by atoms with Crippen molar-refractivity contribution in [2.75, 3.05) is 18.2 Å². The average Bonchev–Trinajstić information content (AvgIpc) is 2.41. The summed E-state index contributed by atoms with van der Waals surface area (Å²) < 4.78 is 0. The zero-order chi connectivity index (χ0) is 13.7. The number of para-hydroxylation sites is 1. The number of hydrogen-bond acceptors (Lipinski definition) is 6. The van der Waals surface area contributed by atoms with Gasteiger partial charge in [0.1, 0.15) is 25.1 Å². The van der Waals surface area contributed by atoms with Crippen molar-refractivity contribution >= 4 is 23.5 Å². The van der Waals surface area contributed by atoms with Crippen LogP contribution in [0.4, 0.5) is 17.3 Å². The predicted octanol–water partition coefficient (Wildman–Crippen LogP) is 2.09. The van der Waals surface area contributed by atoms with E-state index in [1.807, 2.05) is 31.2 Å². The molecule has 6 nitrogen and oxygen atoms in total.